The van der Waals surface area contributed by atoms with E-state index in [2.05, 4.69) is 9.84 Å². The molecule has 8 heteroatoms. The lowest BCUT2D eigenvalue weighted by Crippen LogP contribution is -2.17. The predicted octanol–water partition coefficient (Wildman–Crippen LogP) is 4.39. The van der Waals surface area contributed by atoms with E-state index in [9.17, 15) is 18.0 Å². The molecule has 0 unspecified atom stereocenters. The number of fused-ring (bicyclic) bond motifs is 1. The number of hydrogen-bond donors (Lipinski definition) is 0. The summed E-state index contributed by atoms with van der Waals surface area (Å²) in [5, 5.41) is 4.65. The number of aryl methyl sites for hydroxylation is 2. The van der Waals surface area contributed by atoms with Crippen molar-refractivity contribution in [1.29, 1.82) is 0 Å². The number of esters is 1. The Labute approximate surface area is 153 Å². The minimum atomic E-state index is -4.81. The van der Waals surface area contributed by atoms with Crippen molar-refractivity contribution in [1.82, 2.24) is 9.78 Å². The molecule has 3 aromatic rings. The summed E-state index contributed by atoms with van der Waals surface area (Å²) in [4.78, 5) is 12.0. The van der Waals surface area contributed by atoms with Crippen molar-refractivity contribution in [3.63, 3.8) is 0 Å². The van der Waals surface area contributed by atoms with Gasteiger partial charge in [-0.25, -0.2) is 4.79 Å². The van der Waals surface area contributed by atoms with Crippen molar-refractivity contribution in [2.45, 2.75) is 26.8 Å². The van der Waals surface area contributed by atoms with Gasteiger partial charge in [0.25, 0.3) is 0 Å². The van der Waals surface area contributed by atoms with Crippen molar-refractivity contribution in [3.8, 4) is 5.75 Å². The van der Waals surface area contributed by atoms with Crippen molar-refractivity contribution in [2.24, 2.45) is 0 Å². The van der Waals surface area contributed by atoms with Gasteiger partial charge < -0.3 is 9.47 Å². The van der Waals surface area contributed by atoms with Crippen LogP contribution in [0.5, 0.6) is 5.75 Å². The molecule has 0 saturated heterocycles. The van der Waals surface area contributed by atoms with Crippen LogP contribution in [0, 0.1) is 13.8 Å². The van der Waals surface area contributed by atoms with E-state index >= 15 is 0 Å². The summed E-state index contributed by atoms with van der Waals surface area (Å²) in [6.07, 6.45) is -4.81. The van der Waals surface area contributed by atoms with Crippen LogP contribution in [-0.2, 0) is 11.3 Å². The monoisotopic (exact) mass is 378 g/mol. The molecule has 3 rings (SSSR count). The molecular weight excluding hydrogens is 361 g/mol. The van der Waals surface area contributed by atoms with Gasteiger partial charge in [0.05, 0.1) is 19.2 Å². The second-order valence-electron chi connectivity index (χ2n) is 6.15. The third kappa shape index (κ3) is 4.05. The molecule has 142 valence electrons. The van der Waals surface area contributed by atoms with Crippen LogP contribution >= 0.6 is 0 Å². The van der Waals surface area contributed by atoms with Crippen LogP contribution in [0.4, 0.5) is 13.2 Å². The molecule has 0 N–H and O–H groups in total. The molecule has 0 bridgehead atoms. The average Bonchev–Trinajstić information content (AvgIpc) is 2.93. The van der Waals surface area contributed by atoms with Gasteiger partial charge in [0.2, 0.25) is 0 Å². The first kappa shape index (κ1) is 18.8. The number of carbonyl (C=O) groups is 1. The molecule has 0 radical (unpaired) electrons. The maximum absolute atomic E-state index is 12.5. The highest BCUT2D eigenvalue weighted by Crippen LogP contribution is 2.29. The van der Waals surface area contributed by atoms with Crippen LogP contribution in [0.15, 0.2) is 36.4 Å². The lowest BCUT2D eigenvalue weighted by atomic mass is 10.1. The number of methoxy groups -OCH3 is 1. The lowest BCUT2D eigenvalue weighted by molar-refractivity contribution is -0.274. The Balaban J connectivity index is 2.11. The summed E-state index contributed by atoms with van der Waals surface area (Å²) < 4.78 is 47.8. The van der Waals surface area contributed by atoms with E-state index in [1.807, 2.05) is 32.0 Å². The van der Waals surface area contributed by atoms with Gasteiger partial charge >= 0.3 is 12.3 Å². The quantitative estimate of drug-likeness (QED) is 0.632. The topological polar surface area (TPSA) is 53.3 Å². The number of nitrogens with zero attached hydrogens (tertiary/aromatic N) is 2. The van der Waals surface area contributed by atoms with Crippen LogP contribution in [0.2, 0.25) is 0 Å². The number of carbonyl (C=O) groups excluding carboxylic acids is 1. The molecule has 0 aliphatic heterocycles. The standard InChI is InChI=1S/C19H17F3N2O3/c1-11-4-5-13(12(2)8-11)10-24-16-9-14(27-19(20,21)22)6-7-15(16)17(23-24)18(25)26-3/h4-9H,10H2,1-3H3. The fourth-order valence-electron chi connectivity index (χ4n) is 2.90. The second kappa shape index (κ2) is 6.94. The number of hydrogen-bond acceptors (Lipinski definition) is 4. The van der Waals surface area contributed by atoms with Gasteiger partial charge in [0.1, 0.15) is 5.75 Å². The highest BCUT2D eigenvalue weighted by molar-refractivity contribution is 6.02. The van der Waals surface area contributed by atoms with Crippen LogP contribution in [0.3, 0.4) is 0 Å². The van der Waals surface area contributed by atoms with Crippen molar-refractivity contribution >= 4 is 16.9 Å². The van der Waals surface area contributed by atoms with Gasteiger partial charge in [0.15, 0.2) is 5.69 Å². The molecular formula is C19H17F3N2O3. The molecule has 1 aromatic heterocycles. The Morgan fingerprint density at radius 3 is 2.52 bits per heavy atom. The number of ether oxygens (including phenoxy) is 2. The number of rotatable bonds is 4. The fraction of sp³-hybridized carbons (Fsp3) is 0.263. The largest absolute Gasteiger partial charge is 0.573 e. The molecule has 0 saturated carbocycles. The van der Waals surface area contributed by atoms with Gasteiger partial charge in [-0.2, -0.15) is 5.10 Å². The number of halogens is 3. The van der Waals surface area contributed by atoms with Gasteiger partial charge in [-0.05, 0) is 37.1 Å². The van der Waals surface area contributed by atoms with Crippen LogP contribution in [-0.4, -0.2) is 29.2 Å². The van der Waals surface area contributed by atoms with Gasteiger partial charge in [-0.3, -0.25) is 4.68 Å². The zero-order valence-corrected chi connectivity index (χ0v) is 14.9. The first-order valence-corrected chi connectivity index (χ1v) is 8.08. The SMILES string of the molecule is COC(=O)c1nn(Cc2ccc(C)cc2C)c2cc(OC(F)(F)F)ccc12. The minimum absolute atomic E-state index is 0.0378. The van der Waals surface area contributed by atoms with E-state index in [4.69, 9.17) is 4.74 Å². The summed E-state index contributed by atoms with van der Waals surface area (Å²) in [7, 11) is 1.22. The smallest absolute Gasteiger partial charge is 0.464 e. The molecule has 0 aliphatic rings. The molecule has 0 amide bonds. The molecule has 5 nitrogen and oxygen atoms in total. The maximum atomic E-state index is 12.5. The normalized spacial score (nSPS) is 11.6. The summed E-state index contributed by atoms with van der Waals surface area (Å²) in [5.74, 6) is -1.04. The third-order valence-corrected chi connectivity index (χ3v) is 4.15. The summed E-state index contributed by atoms with van der Waals surface area (Å²) in [6, 6.07) is 9.59. The Hall–Kier alpha value is -3.03. The van der Waals surface area contributed by atoms with E-state index in [1.54, 1.807) is 0 Å². The predicted molar refractivity (Wildman–Crippen MR) is 92.8 cm³/mol. The van der Waals surface area contributed by atoms with Crippen molar-refractivity contribution in [3.05, 3.63) is 58.8 Å². The van der Waals surface area contributed by atoms with E-state index in [-0.39, 0.29) is 18.0 Å². The van der Waals surface area contributed by atoms with Crippen LogP contribution < -0.4 is 4.74 Å². The minimum Gasteiger partial charge on any atom is -0.464 e. The zero-order valence-electron chi connectivity index (χ0n) is 14.9. The van der Waals surface area contributed by atoms with Crippen molar-refractivity contribution in [2.75, 3.05) is 7.11 Å². The molecule has 2 aromatic carbocycles. The Morgan fingerprint density at radius 2 is 1.89 bits per heavy atom. The molecule has 0 spiro atoms. The van der Waals surface area contributed by atoms with E-state index < -0.39 is 12.3 Å². The fourth-order valence-corrected chi connectivity index (χ4v) is 2.90. The molecule has 0 atom stereocenters. The van der Waals surface area contributed by atoms with Crippen LogP contribution in [0.25, 0.3) is 10.9 Å². The number of benzene rings is 2. The number of alkyl halides is 3. The average molecular weight is 378 g/mol. The molecule has 0 fully saturated rings. The summed E-state index contributed by atoms with van der Waals surface area (Å²) in [5.41, 5.74) is 3.43. The molecule has 27 heavy (non-hydrogen) atoms. The van der Waals surface area contributed by atoms with Gasteiger partial charge in [-0.1, -0.05) is 23.8 Å². The second-order valence-corrected chi connectivity index (χ2v) is 6.15. The highest BCUT2D eigenvalue weighted by atomic mass is 19.4. The Bertz CT molecular complexity index is 1010. The highest BCUT2D eigenvalue weighted by Gasteiger charge is 2.31. The summed E-state index contributed by atoms with van der Waals surface area (Å²) >= 11 is 0. The summed E-state index contributed by atoms with van der Waals surface area (Å²) in [6.45, 7) is 4.19. The maximum Gasteiger partial charge on any atom is 0.573 e. The zero-order chi connectivity index (χ0) is 19.8. The van der Waals surface area contributed by atoms with Gasteiger partial charge in [0, 0.05) is 11.5 Å². The van der Waals surface area contributed by atoms with E-state index in [0.29, 0.717) is 10.9 Å². The third-order valence-electron chi connectivity index (χ3n) is 4.15. The lowest BCUT2D eigenvalue weighted by Gasteiger charge is -2.10. The van der Waals surface area contributed by atoms with E-state index in [1.165, 1.54) is 23.9 Å². The molecule has 1 heterocycles. The first-order valence-electron chi connectivity index (χ1n) is 8.08. The van der Waals surface area contributed by atoms with E-state index in [0.717, 1.165) is 22.8 Å². The Kier molecular flexibility index (Phi) is 4.82. The Morgan fingerprint density at radius 1 is 1.15 bits per heavy atom. The first-order chi connectivity index (χ1) is 12.7. The van der Waals surface area contributed by atoms with Gasteiger partial charge in [-0.15, -0.1) is 13.2 Å². The molecule has 0 aliphatic carbocycles. The van der Waals surface area contributed by atoms with Crippen molar-refractivity contribution < 1.29 is 27.4 Å². The van der Waals surface area contributed by atoms with Crippen LogP contribution in [0.1, 0.15) is 27.2 Å². The number of aromatic nitrogens is 2.